The molecule has 0 bridgehead atoms. The Morgan fingerprint density at radius 1 is 1.24 bits per heavy atom. The Morgan fingerprint density at radius 2 is 1.95 bits per heavy atom. The van der Waals surface area contributed by atoms with Crippen LogP contribution >= 0.6 is 0 Å². The van der Waals surface area contributed by atoms with Gasteiger partial charge in [-0.15, -0.1) is 0 Å². The number of rotatable bonds is 5. The van der Waals surface area contributed by atoms with E-state index < -0.39 is 4.92 Å². The van der Waals surface area contributed by atoms with E-state index in [2.05, 4.69) is 0 Å². The lowest BCUT2D eigenvalue weighted by atomic mass is 10.1. The van der Waals surface area contributed by atoms with Crippen LogP contribution < -0.4 is 9.64 Å². The monoisotopic (exact) mass is 288 g/mol. The van der Waals surface area contributed by atoms with Crippen molar-refractivity contribution >= 4 is 17.1 Å². The highest BCUT2D eigenvalue weighted by atomic mass is 16.6. The van der Waals surface area contributed by atoms with Gasteiger partial charge in [-0.25, -0.2) is 0 Å². The van der Waals surface area contributed by atoms with E-state index in [1.165, 1.54) is 6.07 Å². The molecule has 0 saturated heterocycles. The number of aliphatic hydroxyl groups excluding tert-OH is 1. The third-order valence-corrected chi connectivity index (χ3v) is 3.23. The minimum absolute atomic E-state index is 0.0602. The molecule has 0 fully saturated rings. The van der Waals surface area contributed by atoms with Crippen LogP contribution in [0.15, 0.2) is 42.5 Å². The molecule has 0 unspecified atom stereocenters. The number of hydrogen-bond donors (Lipinski definition) is 1. The summed E-state index contributed by atoms with van der Waals surface area (Å²) >= 11 is 0. The Labute approximate surface area is 122 Å². The van der Waals surface area contributed by atoms with Crippen LogP contribution in [0.2, 0.25) is 0 Å². The first-order chi connectivity index (χ1) is 10.1. The number of nitro benzene ring substituents is 1. The van der Waals surface area contributed by atoms with Crippen molar-refractivity contribution in [2.45, 2.75) is 6.61 Å². The number of anilines is 2. The molecular formula is C15H16N2O4. The molecule has 0 radical (unpaired) electrons. The lowest BCUT2D eigenvalue weighted by Crippen LogP contribution is -2.12. The first-order valence-electron chi connectivity index (χ1n) is 6.33. The van der Waals surface area contributed by atoms with Gasteiger partial charge in [0.05, 0.1) is 24.3 Å². The number of para-hydroxylation sites is 2. The highest BCUT2D eigenvalue weighted by molar-refractivity contribution is 5.75. The van der Waals surface area contributed by atoms with Crippen molar-refractivity contribution in [3.8, 4) is 5.75 Å². The molecule has 2 aromatic carbocycles. The van der Waals surface area contributed by atoms with Crippen molar-refractivity contribution in [2.24, 2.45) is 0 Å². The lowest BCUT2D eigenvalue weighted by Gasteiger charge is -2.21. The van der Waals surface area contributed by atoms with Crippen molar-refractivity contribution < 1.29 is 14.8 Å². The molecule has 110 valence electrons. The van der Waals surface area contributed by atoms with Crippen molar-refractivity contribution in [2.75, 3.05) is 19.1 Å². The van der Waals surface area contributed by atoms with Gasteiger partial charge in [0.1, 0.15) is 11.4 Å². The van der Waals surface area contributed by atoms with E-state index in [0.717, 1.165) is 5.69 Å². The molecule has 0 heterocycles. The van der Waals surface area contributed by atoms with Gasteiger partial charge < -0.3 is 14.7 Å². The van der Waals surface area contributed by atoms with E-state index in [0.29, 0.717) is 17.0 Å². The van der Waals surface area contributed by atoms with Gasteiger partial charge in [-0.3, -0.25) is 10.1 Å². The summed E-state index contributed by atoms with van der Waals surface area (Å²) in [5, 5.41) is 20.4. The number of methoxy groups -OCH3 is 1. The molecule has 2 rings (SSSR count). The molecule has 0 aliphatic carbocycles. The molecule has 0 aliphatic heterocycles. The predicted molar refractivity (Wildman–Crippen MR) is 80.1 cm³/mol. The largest absolute Gasteiger partial charge is 0.495 e. The highest BCUT2D eigenvalue weighted by Crippen LogP contribution is 2.37. The van der Waals surface area contributed by atoms with Crippen molar-refractivity contribution in [1.29, 1.82) is 0 Å². The van der Waals surface area contributed by atoms with E-state index in [9.17, 15) is 10.1 Å². The molecule has 0 aliphatic rings. The van der Waals surface area contributed by atoms with Crippen LogP contribution in [0, 0.1) is 10.1 Å². The van der Waals surface area contributed by atoms with Crippen LogP contribution in [-0.4, -0.2) is 24.2 Å². The fourth-order valence-corrected chi connectivity index (χ4v) is 2.13. The molecule has 0 spiro atoms. The zero-order chi connectivity index (χ0) is 15.4. The molecular weight excluding hydrogens is 272 g/mol. The molecule has 1 N–H and O–H groups in total. The van der Waals surface area contributed by atoms with Gasteiger partial charge in [0.15, 0.2) is 0 Å². The van der Waals surface area contributed by atoms with Gasteiger partial charge in [-0.05, 0) is 23.8 Å². The Hall–Kier alpha value is -2.60. The van der Waals surface area contributed by atoms with E-state index in [1.807, 2.05) is 18.2 Å². The van der Waals surface area contributed by atoms with Crippen molar-refractivity contribution in [3.05, 3.63) is 58.1 Å². The molecule has 6 nitrogen and oxygen atoms in total. The van der Waals surface area contributed by atoms with Gasteiger partial charge >= 0.3 is 0 Å². The topological polar surface area (TPSA) is 75.8 Å². The summed E-state index contributed by atoms with van der Waals surface area (Å²) in [5.74, 6) is 0.625. The SMILES string of the molecule is COc1ccccc1N(C)c1ccc(CO)cc1[N+](=O)[O-]. The maximum Gasteiger partial charge on any atom is 0.293 e. The van der Waals surface area contributed by atoms with Crippen LogP contribution in [-0.2, 0) is 6.61 Å². The number of benzene rings is 2. The third kappa shape index (κ3) is 2.95. The zero-order valence-corrected chi connectivity index (χ0v) is 11.8. The smallest absolute Gasteiger partial charge is 0.293 e. The summed E-state index contributed by atoms with van der Waals surface area (Å²) in [6.45, 7) is -0.237. The van der Waals surface area contributed by atoms with E-state index in [-0.39, 0.29) is 12.3 Å². The van der Waals surface area contributed by atoms with Crippen LogP contribution in [0.4, 0.5) is 17.1 Å². The minimum Gasteiger partial charge on any atom is -0.495 e. The Bertz CT molecular complexity index is 658. The average molecular weight is 288 g/mol. The molecule has 21 heavy (non-hydrogen) atoms. The minimum atomic E-state index is -0.458. The predicted octanol–water partition coefficient (Wildman–Crippen LogP) is 2.86. The van der Waals surface area contributed by atoms with Crippen LogP contribution in [0.25, 0.3) is 0 Å². The second kappa shape index (κ2) is 6.23. The molecule has 0 saturated carbocycles. The lowest BCUT2D eigenvalue weighted by molar-refractivity contribution is -0.384. The summed E-state index contributed by atoms with van der Waals surface area (Å²) in [4.78, 5) is 12.5. The van der Waals surface area contributed by atoms with Crippen LogP contribution in [0.3, 0.4) is 0 Å². The van der Waals surface area contributed by atoms with Crippen molar-refractivity contribution in [3.63, 3.8) is 0 Å². The van der Waals surface area contributed by atoms with Gasteiger partial charge in [0.2, 0.25) is 0 Å². The Morgan fingerprint density at radius 3 is 2.57 bits per heavy atom. The first-order valence-corrected chi connectivity index (χ1v) is 6.33. The molecule has 6 heteroatoms. The van der Waals surface area contributed by atoms with Crippen LogP contribution in [0.1, 0.15) is 5.56 Å². The standard InChI is InChI=1S/C15H16N2O4/c1-16(13-5-3-4-6-15(13)21-2)12-8-7-11(10-18)9-14(12)17(19)20/h3-9,18H,10H2,1-2H3. The third-order valence-electron chi connectivity index (χ3n) is 3.23. The number of nitrogens with zero attached hydrogens (tertiary/aromatic N) is 2. The molecule has 0 aromatic heterocycles. The summed E-state index contributed by atoms with van der Waals surface area (Å²) in [6.07, 6.45) is 0. The second-order valence-electron chi connectivity index (χ2n) is 4.47. The summed E-state index contributed by atoms with van der Waals surface area (Å²) in [5.41, 5.74) is 1.59. The van der Waals surface area contributed by atoms with Gasteiger partial charge in [-0.2, -0.15) is 0 Å². The van der Waals surface area contributed by atoms with E-state index >= 15 is 0 Å². The zero-order valence-electron chi connectivity index (χ0n) is 11.8. The molecule has 0 amide bonds. The summed E-state index contributed by atoms with van der Waals surface area (Å²) in [6, 6.07) is 11.9. The number of nitro groups is 1. The maximum atomic E-state index is 11.2. The maximum absolute atomic E-state index is 11.2. The number of aliphatic hydroxyl groups is 1. The number of ether oxygens (including phenoxy) is 1. The Balaban J connectivity index is 2.52. The second-order valence-corrected chi connectivity index (χ2v) is 4.47. The van der Waals surface area contributed by atoms with Gasteiger partial charge in [0, 0.05) is 13.1 Å². The Kier molecular flexibility index (Phi) is 4.39. The number of hydrogen-bond acceptors (Lipinski definition) is 5. The van der Waals surface area contributed by atoms with Gasteiger partial charge in [-0.1, -0.05) is 18.2 Å². The quantitative estimate of drug-likeness (QED) is 0.676. The van der Waals surface area contributed by atoms with Crippen molar-refractivity contribution in [1.82, 2.24) is 0 Å². The summed E-state index contributed by atoms with van der Waals surface area (Å²) < 4.78 is 5.28. The average Bonchev–Trinajstić information content (AvgIpc) is 2.53. The normalized spacial score (nSPS) is 10.2. The molecule has 0 atom stereocenters. The summed E-state index contributed by atoms with van der Waals surface area (Å²) in [7, 11) is 3.29. The highest BCUT2D eigenvalue weighted by Gasteiger charge is 2.20. The fourth-order valence-electron chi connectivity index (χ4n) is 2.13. The van der Waals surface area contributed by atoms with Gasteiger partial charge in [0.25, 0.3) is 5.69 Å². The first kappa shape index (κ1) is 14.8. The fraction of sp³-hybridized carbons (Fsp3) is 0.200. The van der Waals surface area contributed by atoms with Crippen LogP contribution in [0.5, 0.6) is 5.75 Å². The van der Waals surface area contributed by atoms with E-state index in [4.69, 9.17) is 9.84 Å². The van der Waals surface area contributed by atoms with E-state index in [1.54, 1.807) is 37.3 Å². The molecule has 2 aromatic rings.